The summed E-state index contributed by atoms with van der Waals surface area (Å²) >= 11 is 6.03. The topological polar surface area (TPSA) is 68.5 Å². The molecule has 1 amide bonds. The van der Waals surface area contributed by atoms with Crippen LogP contribution in [0.25, 0.3) is 11.0 Å². The van der Waals surface area contributed by atoms with E-state index in [4.69, 9.17) is 20.8 Å². The van der Waals surface area contributed by atoms with Gasteiger partial charge in [0.1, 0.15) is 5.58 Å². The second-order valence-corrected chi connectivity index (χ2v) is 7.11. The average Bonchev–Trinajstić information content (AvgIpc) is 3.42. The number of esters is 1. The molecule has 0 radical (unpaired) electrons. The fourth-order valence-electron chi connectivity index (χ4n) is 2.95. The second-order valence-electron chi connectivity index (χ2n) is 6.68. The maximum atomic E-state index is 12.8. The Morgan fingerprint density at radius 2 is 1.93 bits per heavy atom. The monoisotopic (exact) mass is 383 g/mol. The molecular weight excluding hydrogens is 366 g/mol. The van der Waals surface area contributed by atoms with Gasteiger partial charge in [-0.3, -0.25) is 4.79 Å². The van der Waals surface area contributed by atoms with Crippen LogP contribution in [0.15, 0.2) is 52.9 Å². The molecule has 1 saturated carbocycles. The van der Waals surface area contributed by atoms with Crippen LogP contribution in [0.5, 0.6) is 0 Å². The molecule has 1 heterocycles. The number of carbonyl (C=O) groups excluding carboxylic acids is 2. The van der Waals surface area contributed by atoms with Crippen LogP contribution >= 0.6 is 11.6 Å². The van der Waals surface area contributed by atoms with E-state index in [0.29, 0.717) is 21.7 Å². The third-order valence-electron chi connectivity index (χ3n) is 4.57. The van der Waals surface area contributed by atoms with E-state index in [1.807, 2.05) is 6.07 Å². The number of hydrogen-bond donors (Lipinski definition) is 1. The summed E-state index contributed by atoms with van der Waals surface area (Å²) in [6.07, 6.45) is 0.866. The zero-order valence-corrected chi connectivity index (χ0v) is 15.5. The number of rotatable bonds is 5. The number of halogens is 1. The normalized spacial score (nSPS) is 14.7. The third kappa shape index (κ3) is 3.69. The summed E-state index contributed by atoms with van der Waals surface area (Å²) in [7, 11) is 0. The van der Waals surface area contributed by atoms with Crippen LogP contribution in [0.4, 0.5) is 0 Å². The molecule has 27 heavy (non-hydrogen) atoms. The molecule has 0 bridgehead atoms. The molecule has 5 nitrogen and oxygen atoms in total. The van der Waals surface area contributed by atoms with Gasteiger partial charge in [-0.05, 0) is 38.0 Å². The van der Waals surface area contributed by atoms with E-state index in [9.17, 15) is 9.59 Å². The molecule has 1 fully saturated rings. The lowest BCUT2D eigenvalue weighted by molar-refractivity contribution is -0.130. The number of hydrogen-bond acceptors (Lipinski definition) is 4. The molecule has 1 aromatic heterocycles. The van der Waals surface area contributed by atoms with E-state index in [1.54, 1.807) is 49.4 Å². The molecule has 6 heteroatoms. The smallest absolute Gasteiger partial charge is 0.375 e. The lowest BCUT2D eigenvalue weighted by atomic mass is 10.1. The third-order valence-corrected chi connectivity index (χ3v) is 4.81. The van der Waals surface area contributed by atoms with Crippen molar-refractivity contribution in [3.63, 3.8) is 0 Å². The van der Waals surface area contributed by atoms with Crippen molar-refractivity contribution in [1.29, 1.82) is 0 Å². The van der Waals surface area contributed by atoms with Crippen molar-refractivity contribution < 1.29 is 18.7 Å². The highest BCUT2D eigenvalue weighted by Crippen LogP contribution is 2.30. The molecule has 2 aromatic carbocycles. The van der Waals surface area contributed by atoms with Gasteiger partial charge in [-0.1, -0.05) is 41.9 Å². The zero-order chi connectivity index (χ0) is 19.0. The highest BCUT2D eigenvalue weighted by atomic mass is 35.5. The molecule has 0 saturated heterocycles. The Kier molecular flexibility index (Phi) is 4.62. The summed E-state index contributed by atoms with van der Waals surface area (Å²) in [6.45, 7) is 1.76. The predicted molar refractivity (Wildman–Crippen MR) is 102 cm³/mol. The summed E-state index contributed by atoms with van der Waals surface area (Å²) in [6, 6.07) is 14.3. The van der Waals surface area contributed by atoms with Crippen LogP contribution in [-0.2, 0) is 9.53 Å². The van der Waals surface area contributed by atoms with Crippen LogP contribution < -0.4 is 5.32 Å². The minimum atomic E-state index is -1.03. The lowest BCUT2D eigenvalue weighted by Gasteiger charge is -2.17. The van der Waals surface area contributed by atoms with Gasteiger partial charge in [0.2, 0.25) is 11.9 Å². The van der Waals surface area contributed by atoms with Crippen molar-refractivity contribution in [3.05, 3.63) is 70.4 Å². The van der Waals surface area contributed by atoms with Crippen molar-refractivity contribution in [2.45, 2.75) is 31.9 Å². The largest absolute Gasteiger partial charge is 0.449 e. The molecule has 138 valence electrons. The summed E-state index contributed by atoms with van der Waals surface area (Å²) < 4.78 is 11.2. The first-order valence-corrected chi connectivity index (χ1v) is 9.15. The lowest BCUT2D eigenvalue weighted by Crippen LogP contribution is -2.33. The second kappa shape index (κ2) is 7.08. The van der Waals surface area contributed by atoms with Gasteiger partial charge in [0, 0.05) is 27.6 Å². The Labute approximate surface area is 161 Å². The van der Waals surface area contributed by atoms with E-state index in [-0.39, 0.29) is 17.7 Å². The Morgan fingerprint density at radius 1 is 1.19 bits per heavy atom. The van der Waals surface area contributed by atoms with Crippen molar-refractivity contribution in [1.82, 2.24) is 5.32 Å². The van der Waals surface area contributed by atoms with E-state index in [0.717, 1.165) is 18.2 Å². The summed E-state index contributed by atoms with van der Waals surface area (Å²) in [5, 5.41) is 4.19. The predicted octanol–water partition coefficient (Wildman–Crippen LogP) is 4.57. The van der Waals surface area contributed by atoms with Crippen molar-refractivity contribution >= 4 is 34.4 Å². The Hall–Kier alpha value is -2.79. The van der Waals surface area contributed by atoms with Gasteiger partial charge < -0.3 is 14.5 Å². The molecule has 4 rings (SSSR count). The fraction of sp³-hybridized carbons (Fsp3) is 0.238. The van der Waals surface area contributed by atoms with Gasteiger partial charge in [-0.15, -0.1) is 0 Å². The van der Waals surface area contributed by atoms with Gasteiger partial charge in [-0.2, -0.15) is 0 Å². The van der Waals surface area contributed by atoms with Crippen LogP contribution in [0.1, 0.15) is 40.6 Å². The zero-order valence-electron chi connectivity index (χ0n) is 14.7. The number of ether oxygens (including phenoxy) is 1. The first kappa shape index (κ1) is 17.6. The molecule has 0 spiro atoms. The minimum Gasteiger partial charge on any atom is -0.449 e. The van der Waals surface area contributed by atoms with Crippen molar-refractivity contribution in [2.75, 3.05) is 0 Å². The highest BCUT2D eigenvalue weighted by Gasteiger charge is 2.32. The van der Waals surface area contributed by atoms with E-state index < -0.39 is 12.1 Å². The Balaban J connectivity index is 1.63. The molecule has 0 aliphatic heterocycles. The minimum absolute atomic E-state index is 0.0763. The van der Waals surface area contributed by atoms with E-state index in [1.165, 1.54) is 0 Å². The van der Waals surface area contributed by atoms with Crippen LogP contribution in [0, 0.1) is 6.92 Å². The summed E-state index contributed by atoms with van der Waals surface area (Å²) in [5.74, 6) is -0.930. The van der Waals surface area contributed by atoms with Crippen LogP contribution in [-0.4, -0.2) is 17.9 Å². The first-order chi connectivity index (χ1) is 13.0. The molecular formula is C21H18ClNO4. The number of nitrogens with one attached hydrogen (secondary N) is 1. The number of carbonyl (C=O) groups is 2. The molecule has 1 aliphatic rings. The number of fused-ring (bicyclic) bond motifs is 1. The molecule has 3 aromatic rings. The van der Waals surface area contributed by atoms with Crippen LogP contribution in [0.3, 0.4) is 0 Å². The van der Waals surface area contributed by atoms with E-state index in [2.05, 4.69) is 5.32 Å². The number of furan rings is 1. The SMILES string of the molecule is Cc1c(C(=O)O[C@@H](C(=O)NC2CC2)c2ccccc2)oc2ccc(Cl)cc12. The molecule has 1 aliphatic carbocycles. The maximum Gasteiger partial charge on any atom is 0.375 e. The molecule has 1 atom stereocenters. The maximum absolute atomic E-state index is 12.8. The molecule has 0 unspecified atom stereocenters. The van der Waals surface area contributed by atoms with Gasteiger partial charge >= 0.3 is 5.97 Å². The van der Waals surface area contributed by atoms with Gasteiger partial charge in [-0.25, -0.2) is 4.79 Å². The average molecular weight is 384 g/mol. The first-order valence-electron chi connectivity index (χ1n) is 8.78. The van der Waals surface area contributed by atoms with E-state index >= 15 is 0 Å². The highest BCUT2D eigenvalue weighted by molar-refractivity contribution is 6.31. The number of aryl methyl sites for hydroxylation is 1. The van der Waals surface area contributed by atoms with Gasteiger partial charge in [0.05, 0.1) is 0 Å². The van der Waals surface area contributed by atoms with Crippen LogP contribution in [0.2, 0.25) is 5.02 Å². The van der Waals surface area contributed by atoms with Crippen molar-refractivity contribution in [3.8, 4) is 0 Å². The standard InChI is InChI=1S/C21H18ClNO4/c1-12-16-11-14(22)7-10-17(16)26-18(12)21(25)27-19(13-5-3-2-4-6-13)20(24)23-15-8-9-15/h2-7,10-11,15,19H,8-9H2,1H3,(H,23,24)/t19-/m1/s1. The van der Waals surface area contributed by atoms with Crippen molar-refractivity contribution in [2.24, 2.45) is 0 Å². The quantitative estimate of drug-likeness (QED) is 0.655. The Morgan fingerprint density at radius 3 is 2.63 bits per heavy atom. The molecule has 1 N–H and O–H groups in total. The summed E-state index contributed by atoms with van der Waals surface area (Å²) in [4.78, 5) is 25.4. The van der Waals surface area contributed by atoms with Gasteiger partial charge in [0.15, 0.2) is 0 Å². The Bertz CT molecular complexity index is 1010. The fourth-order valence-corrected chi connectivity index (χ4v) is 3.13. The summed E-state index contributed by atoms with van der Waals surface area (Å²) in [5.41, 5.74) is 1.79. The number of benzene rings is 2. The van der Waals surface area contributed by atoms with Gasteiger partial charge in [0.25, 0.3) is 5.91 Å². The number of amides is 1.